The lowest BCUT2D eigenvalue weighted by Crippen LogP contribution is -2.31. The van der Waals surface area contributed by atoms with E-state index in [1.165, 1.54) is 0 Å². The summed E-state index contributed by atoms with van der Waals surface area (Å²) in [6, 6.07) is 7.79. The third-order valence-corrected chi connectivity index (χ3v) is 2.51. The van der Waals surface area contributed by atoms with E-state index in [1.807, 2.05) is 31.2 Å². The summed E-state index contributed by atoms with van der Waals surface area (Å²) in [6.45, 7) is 4.28. The smallest absolute Gasteiger partial charge is 0.119 e. The van der Waals surface area contributed by atoms with Crippen LogP contribution in [-0.4, -0.2) is 33.5 Å². The largest absolute Gasteiger partial charge is 0.494 e. The van der Waals surface area contributed by atoms with Crippen LogP contribution in [0.5, 0.6) is 5.75 Å². The molecule has 0 heterocycles. The van der Waals surface area contributed by atoms with Crippen molar-refractivity contribution in [2.75, 3.05) is 33.5 Å². The Morgan fingerprint density at radius 3 is 2.50 bits per heavy atom. The first kappa shape index (κ1) is 14.9. The van der Waals surface area contributed by atoms with Crippen LogP contribution in [0.2, 0.25) is 0 Å². The average molecular weight is 254 g/mol. The maximum absolute atomic E-state index is 5.52. The number of rotatable bonds is 9. The summed E-state index contributed by atoms with van der Waals surface area (Å²) in [6.07, 6.45) is 0. The molecule has 0 radical (unpaired) electrons. The van der Waals surface area contributed by atoms with Crippen molar-refractivity contribution in [2.45, 2.75) is 13.0 Å². The van der Waals surface area contributed by atoms with Gasteiger partial charge in [0.2, 0.25) is 0 Å². The molecule has 0 fully saturated rings. The van der Waals surface area contributed by atoms with Crippen LogP contribution in [0.4, 0.5) is 0 Å². The fraction of sp³-hybridized carbons (Fsp3) is 0.538. The number of hydrazine groups is 1. The van der Waals surface area contributed by atoms with Gasteiger partial charge >= 0.3 is 0 Å². The molecule has 0 aliphatic rings. The Labute approximate surface area is 108 Å². The molecule has 0 amide bonds. The Balaban J connectivity index is 2.48. The van der Waals surface area contributed by atoms with Crippen LogP contribution in [0.3, 0.4) is 0 Å². The molecule has 18 heavy (non-hydrogen) atoms. The minimum Gasteiger partial charge on any atom is -0.494 e. The summed E-state index contributed by atoms with van der Waals surface area (Å²) in [4.78, 5) is 0. The van der Waals surface area contributed by atoms with E-state index < -0.39 is 0 Å². The maximum Gasteiger partial charge on any atom is 0.119 e. The summed E-state index contributed by atoms with van der Waals surface area (Å²) in [7, 11) is 1.65. The number of hydrogen-bond donors (Lipinski definition) is 2. The summed E-state index contributed by atoms with van der Waals surface area (Å²) < 4.78 is 15.8. The van der Waals surface area contributed by atoms with Gasteiger partial charge in [-0.3, -0.25) is 11.3 Å². The third kappa shape index (κ3) is 5.01. The second-order valence-electron chi connectivity index (χ2n) is 3.79. The molecule has 0 spiro atoms. The Kier molecular flexibility index (Phi) is 7.36. The van der Waals surface area contributed by atoms with Crippen molar-refractivity contribution in [2.24, 2.45) is 5.84 Å². The number of ether oxygens (including phenoxy) is 3. The summed E-state index contributed by atoms with van der Waals surface area (Å²) >= 11 is 0. The molecule has 0 saturated heterocycles. The van der Waals surface area contributed by atoms with E-state index in [9.17, 15) is 0 Å². The summed E-state index contributed by atoms with van der Waals surface area (Å²) in [5, 5.41) is 0. The number of hydrogen-bond acceptors (Lipinski definition) is 5. The topological polar surface area (TPSA) is 65.7 Å². The van der Waals surface area contributed by atoms with Gasteiger partial charge in [0.1, 0.15) is 5.75 Å². The van der Waals surface area contributed by atoms with Crippen LogP contribution in [-0.2, 0) is 9.47 Å². The Morgan fingerprint density at radius 1 is 1.22 bits per heavy atom. The Hall–Kier alpha value is -1.14. The lowest BCUT2D eigenvalue weighted by molar-refractivity contribution is 0.0586. The zero-order chi connectivity index (χ0) is 13.2. The van der Waals surface area contributed by atoms with Crippen LogP contribution >= 0.6 is 0 Å². The molecule has 1 atom stereocenters. The van der Waals surface area contributed by atoms with E-state index in [0.717, 1.165) is 11.3 Å². The Bertz CT molecular complexity index is 317. The van der Waals surface area contributed by atoms with E-state index in [-0.39, 0.29) is 6.04 Å². The minimum atomic E-state index is -0.0301. The second-order valence-corrected chi connectivity index (χ2v) is 3.79. The first-order valence-electron chi connectivity index (χ1n) is 6.07. The first-order valence-corrected chi connectivity index (χ1v) is 6.07. The van der Waals surface area contributed by atoms with Gasteiger partial charge in [-0.2, -0.15) is 0 Å². The predicted octanol–water partition coefficient (Wildman–Crippen LogP) is 1.25. The number of nitrogens with two attached hydrogens (primary N) is 1. The molecule has 5 heteroatoms. The Morgan fingerprint density at radius 2 is 1.94 bits per heavy atom. The van der Waals surface area contributed by atoms with Crippen molar-refractivity contribution < 1.29 is 14.2 Å². The van der Waals surface area contributed by atoms with Crippen LogP contribution in [0, 0.1) is 0 Å². The SMILES string of the molecule is CCOc1ccc(C(COCCOC)NN)cc1. The number of benzene rings is 1. The van der Waals surface area contributed by atoms with E-state index >= 15 is 0 Å². The van der Waals surface area contributed by atoms with E-state index in [1.54, 1.807) is 7.11 Å². The highest BCUT2D eigenvalue weighted by atomic mass is 16.5. The first-order chi connectivity index (χ1) is 8.81. The van der Waals surface area contributed by atoms with Crippen molar-refractivity contribution in [3.05, 3.63) is 29.8 Å². The normalized spacial score (nSPS) is 12.4. The molecule has 0 aliphatic carbocycles. The molecule has 0 saturated carbocycles. The molecule has 1 aromatic carbocycles. The van der Waals surface area contributed by atoms with E-state index in [4.69, 9.17) is 20.1 Å². The van der Waals surface area contributed by atoms with Gasteiger partial charge in [0.15, 0.2) is 0 Å². The van der Waals surface area contributed by atoms with Crippen LogP contribution in [0.25, 0.3) is 0 Å². The summed E-state index contributed by atoms with van der Waals surface area (Å²) in [5.74, 6) is 6.38. The van der Waals surface area contributed by atoms with Crippen molar-refractivity contribution in [1.82, 2.24) is 5.43 Å². The second kappa shape index (κ2) is 8.88. The molecule has 1 aromatic rings. The van der Waals surface area contributed by atoms with Crippen LogP contribution in [0.1, 0.15) is 18.5 Å². The predicted molar refractivity (Wildman–Crippen MR) is 70.4 cm³/mol. The molecule has 102 valence electrons. The zero-order valence-electron chi connectivity index (χ0n) is 11.0. The van der Waals surface area contributed by atoms with Crippen molar-refractivity contribution in [1.29, 1.82) is 0 Å². The maximum atomic E-state index is 5.52. The molecule has 1 rings (SSSR count). The lowest BCUT2D eigenvalue weighted by Gasteiger charge is -2.17. The summed E-state index contributed by atoms with van der Waals surface area (Å²) in [5.41, 5.74) is 3.81. The molecular formula is C13H22N2O3. The average Bonchev–Trinajstić information content (AvgIpc) is 2.41. The quantitative estimate of drug-likeness (QED) is 0.394. The highest BCUT2D eigenvalue weighted by Crippen LogP contribution is 2.17. The number of nitrogens with one attached hydrogen (secondary N) is 1. The van der Waals surface area contributed by atoms with Crippen molar-refractivity contribution in [3.8, 4) is 5.75 Å². The number of methoxy groups -OCH3 is 1. The van der Waals surface area contributed by atoms with Crippen molar-refractivity contribution in [3.63, 3.8) is 0 Å². The van der Waals surface area contributed by atoms with Gasteiger partial charge in [-0.25, -0.2) is 0 Å². The fourth-order valence-corrected chi connectivity index (χ4v) is 1.55. The fourth-order valence-electron chi connectivity index (χ4n) is 1.55. The highest BCUT2D eigenvalue weighted by Gasteiger charge is 2.09. The van der Waals surface area contributed by atoms with Gasteiger partial charge in [0.25, 0.3) is 0 Å². The molecule has 0 aliphatic heterocycles. The molecule has 0 bridgehead atoms. The molecule has 3 N–H and O–H groups in total. The van der Waals surface area contributed by atoms with Gasteiger partial charge in [-0.15, -0.1) is 0 Å². The van der Waals surface area contributed by atoms with Gasteiger partial charge in [-0.05, 0) is 24.6 Å². The molecule has 1 unspecified atom stereocenters. The standard InChI is InChI=1S/C13H22N2O3/c1-3-18-12-6-4-11(5-7-12)13(15-14)10-17-9-8-16-2/h4-7,13,15H,3,8-10,14H2,1-2H3. The molecule has 0 aromatic heterocycles. The third-order valence-electron chi connectivity index (χ3n) is 2.51. The van der Waals surface area contributed by atoms with E-state index in [0.29, 0.717) is 26.4 Å². The van der Waals surface area contributed by atoms with Crippen LogP contribution in [0.15, 0.2) is 24.3 Å². The lowest BCUT2D eigenvalue weighted by atomic mass is 10.1. The van der Waals surface area contributed by atoms with Gasteiger partial charge in [0, 0.05) is 7.11 Å². The molecule has 5 nitrogen and oxygen atoms in total. The van der Waals surface area contributed by atoms with Gasteiger partial charge in [0.05, 0.1) is 32.5 Å². The minimum absolute atomic E-state index is 0.0301. The van der Waals surface area contributed by atoms with Gasteiger partial charge < -0.3 is 14.2 Å². The molecular weight excluding hydrogens is 232 g/mol. The van der Waals surface area contributed by atoms with Crippen LogP contribution < -0.4 is 16.0 Å². The highest BCUT2D eigenvalue weighted by molar-refractivity contribution is 5.29. The van der Waals surface area contributed by atoms with Gasteiger partial charge in [-0.1, -0.05) is 12.1 Å². The van der Waals surface area contributed by atoms with Crippen molar-refractivity contribution >= 4 is 0 Å². The monoisotopic (exact) mass is 254 g/mol. The zero-order valence-corrected chi connectivity index (χ0v) is 11.0. The van der Waals surface area contributed by atoms with E-state index in [2.05, 4.69) is 5.43 Å².